The van der Waals surface area contributed by atoms with Crippen LogP contribution in [-0.2, 0) is 11.3 Å². The molecule has 152 valence electrons. The largest absolute Gasteiger partial charge is 0.385 e. The molecule has 0 saturated heterocycles. The van der Waals surface area contributed by atoms with Crippen LogP contribution in [0, 0.1) is 5.41 Å². The second-order valence-corrected chi connectivity index (χ2v) is 7.92. The molecule has 0 spiro atoms. The second-order valence-electron chi connectivity index (χ2n) is 7.92. The average molecular weight is 375 g/mol. The lowest BCUT2D eigenvalue weighted by Gasteiger charge is -2.40. The summed E-state index contributed by atoms with van der Waals surface area (Å²) in [6.45, 7) is 8.81. The number of benzene rings is 1. The van der Waals surface area contributed by atoms with Crippen molar-refractivity contribution in [2.24, 2.45) is 10.4 Å². The van der Waals surface area contributed by atoms with Crippen molar-refractivity contribution in [2.45, 2.75) is 52.1 Å². The first-order valence-corrected chi connectivity index (χ1v) is 10.3. The van der Waals surface area contributed by atoms with Gasteiger partial charge in [-0.05, 0) is 51.1 Å². The molecule has 5 nitrogen and oxygen atoms in total. The molecule has 0 bridgehead atoms. The topological polar surface area (TPSA) is 48.9 Å². The van der Waals surface area contributed by atoms with Crippen LogP contribution in [0.3, 0.4) is 0 Å². The maximum atomic E-state index is 5.30. The number of guanidine groups is 1. The first kappa shape index (κ1) is 21.7. The molecule has 0 aliphatic heterocycles. The highest BCUT2D eigenvalue weighted by molar-refractivity contribution is 5.79. The van der Waals surface area contributed by atoms with E-state index in [-0.39, 0.29) is 0 Å². The molecule has 1 aliphatic rings. The summed E-state index contributed by atoms with van der Waals surface area (Å²) in [4.78, 5) is 7.27. The lowest BCUT2D eigenvalue weighted by Crippen LogP contribution is -2.45. The SMILES string of the molecule is CCNC(=NCC1(CCOC)CCC1)NCC(C)N(C)Cc1ccccc1. The smallest absolute Gasteiger partial charge is 0.191 e. The van der Waals surface area contributed by atoms with E-state index in [0.717, 1.165) is 45.2 Å². The Morgan fingerprint density at radius 3 is 2.59 bits per heavy atom. The van der Waals surface area contributed by atoms with E-state index < -0.39 is 0 Å². The summed E-state index contributed by atoms with van der Waals surface area (Å²) in [6, 6.07) is 11.0. The number of methoxy groups -OCH3 is 1. The highest BCUT2D eigenvalue weighted by atomic mass is 16.5. The number of nitrogens with zero attached hydrogens (tertiary/aromatic N) is 2. The zero-order valence-corrected chi connectivity index (χ0v) is 17.6. The molecule has 5 heteroatoms. The van der Waals surface area contributed by atoms with Crippen LogP contribution in [0.1, 0.15) is 45.1 Å². The van der Waals surface area contributed by atoms with E-state index in [9.17, 15) is 0 Å². The number of ether oxygens (including phenoxy) is 1. The number of hydrogen-bond donors (Lipinski definition) is 2. The molecule has 2 rings (SSSR count). The third kappa shape index (κ3) is 7.15. The Morgan fingerprint density at radius 1 is 1.26 bits per heavy atom. The van der Waals surface area contributed by atoms with Crippen molar-refractivity contribution in [3.05, 3.63) is 35.9 Å². The zero-order chi connectivity index (χ0) is 19.5. The minimum absolute atomic E-state index is 0.355. The highest BCUT2D eigenvalue weighted by Gasteiger charge is 2.36. The fourth-order valence-corrected chi connectivity index (χ4v) is 3.50. The average Bonchev–Trinajstić information content (AvgIpc) is 2.65. The molecular formula is C22H38N4O. The maximum absolute atomic E-state index is 5.30. The summed E-state index contributed by atoms with van der Waals surface area (Å²) in [6.07, 6.45) is 4.98. The summed E-state index contributed by atoms with van der Waals surface area (Å²) in [5.74, 6) is 0.932. The van der Waals surface area contributed by atoms with E-state index in [2.05, 4.69) is 66.8 Å². The van der Waals surface area contributed by atoms with Crippen LogP contribution in [0.2, 0.25) is 0 Å². The molecule has 0 amide bonds. The van der Waals surface area contributed by atoms with E-state index in [0.29, 0.717) is 11.5 Å². The Morgan fingerprint density at radius 2 is 2.00 bits per heavy atom. The minimum atomic E-state index is 0.355. The van der Waals surface area contributed by atoms with Crippen LogP contribution in [-0.4, -0.2) is 57.3 Å². The van der Waals surface area contributed by atoms with Gasteiger partial charge in [0.25, 0.3) is 0 Å². The lowest BCUT2D eigenvalue weighted by atomic mass is 9.67. The minimum Gasteiger partial charge on any atom is -0.385 e. The molecule has 1 aromatic rings. The molecule has 1 atom stereocenters. The van der Waals surface area contributed by atoms with Gasteiger partial charge in [-0.15, -0.1) is 0 Å². The summed E-state index contributed by atoms with van der Waals surface area (Å²) in [5, 5.41) is 6.92. The lowest BCUT2D eigenvalue weighted by molar-refractivity contribution is 0.0778. The van der Waals surface area contributed by atoms with Gasteiger partial charge in [-0.2, -0.15) is 0 Å². The van der Waals surface area contributed by atoms with Gasteiger partial charge in [-0.1, -0.05) is 36.8 Å². The van der Waals surface area contributed by atoms with Gasteiger partial charge < -0.3 is 15.4 Å². The standard InChI is InChI=1S/C22H38N4O/c1-5-23-21(25-18-22(12-9-13-22)14-15-27-4)24-16-19(2)26(3)17-20-10-7-6-8-11-20/h6-8,10-11,19H,5,9,12-18H2,1-4H3,(H2,23,24,25). The van der Waals surface area contributed by atoms with Gasteiger partial charge in [-0.25, -0.2) is 0 Å². The quantitative estimate of drug-likeness (QED) is 0.461. The first-order valence-electron chi connectivity index (χ1n) is 10.3. The molecule has 27 heavy (non-hydrogen) atoms. The van der Waals surface area contributed by atoms with Crippen molar-refractivity contribution < 1.29 is 4.74 Å². The number of likely N-dealkylation sites (N-methyl/N-ethyl adjacent to an activating group) is 1. The third-order valence-electron chi connectivity index (χ3n) is 5.76. The third-order valence-corrected chi connectivity index (χ3v) is 5.76. The summed E-state index contributed by atoms with van der Waals surface area (Å²) in [7, 11) is 3.96. The Labute approximate surface area is 165 Å². The van der Waals surface area contributed by atoms with E-state index in [1.807, 2.05) is 0 Å². The van der Waals surface area contributed by atoms with E-state index in [4.69, 9.17) is 9.73 Å². The molecule has 0 aromatic heterocycles. The van der Waals surface area contributed by atoms with Crippen molar-refractivity contribution in [1.29, 1.82) is 0 Å². The van der Waals surface area contributed by atoms with Gasteiger partial charge in [0.2, 0.25) is 0 Å². The summed E-state index contributed by atoms with van der Waals surface area (Å²) in [5.41, 5.74) is 1.70. The van der Waals surface area contributed by atoms with Gasteiger partial charge >= 0.3 is 0 Å². The Kier molecular flexibility index (Phi) is 9.08. The fourth-order valence-electron chi connectivity index (χ4n) is 3.50. The van der Waals surface area contributed by atoms with Gasteiger partial charge in [0, 0.05) is 45.9 Å². The molecule has 1 saturated carbocycles. The molecule has 0 heterocycles. The molecule has 1 aromatic carbocycles. The van der Waals surface area contributed by atoms with Crippen LogP contribution >= 0.6 is 0 Å². The van der Waals surface area contributed by atoms with Gasteiger partial charge in [-0.3, -0.25) is 9.89 Å². The first-order chi connectivity index (χ1) is 13.1. The molecular weight excluding hydrogens is 336 g/mol. The highest BCUT2D eigenvalue weighted by Crippen LogP contribution is 2.44. The Balaban J connectivity index is 1.83. The predicted molar refractivity (Wildman–Crippen MR) is 114 cm³/mol. The summed E-state index contributed by atoms with van der Waals surface area (Å²) < 4.78 is 5.30. The molecule has 1 unspecified atom stereocenters. The molecule has 1 fully saturated rings. The molecule has 1 aliphatic carbocycles. The van der Waals surface area contributed by atoms with Crippen molar-refractivity contribution in [2.75, 3.05) is 40.4 Å². The van der Waals surface area contributed by atoms with Crippen molar-refractivity contribution in [3.8, 4) is 0 Å². The van der Waals surface area contributed by atoms with Crippen LogP contribution in [0.15, 0.2) is 35.3 Å². The second kappa shape index (κ2) is 11.3. The Hall–Kier alpha value is -1.59. The van der Waals surface area contributed by atoms with E-state index in [1.165, 1.54) is 24.8 Å². The molecule has 0 radical (unpaired) electrons. The monoisotopic (exact) mass is 374 g/mol. The summed E-state index contributed by atoms with van der Waals surface area (Å²) >= 11 is 0. The molecule has 2 N–H and O–H groups in total. The van der Waals surface area contributed by atoms with Gasteiger partial charge in [0.05, 0.1) is 0 Å². The zero-order valence-electron chi connectivity index (χ0n) is 17.6. The predicted octanol–water partition coefficient (Wildman–Crippen LogP) is 3.27. The number of hydrogen-bond acceptors (Lipinski definition) is 3. The number of aliphatic imine (C=N–C) groups is 1. The maximum Gasteiger partial charge on any atom is 0.191 e. The van der Waals surface area contributed by atoms with Gasteiger partial charge in [0.15, 0.2) is 5.96 Å². The van der Waals surface area contributed by atoms with Crippen LogP contribution in [0.5, 0.6) is 0 Å². The number of rotatable bonds is 11. The van der Waals surface area contributed by atoms with E-state index >= 15 is 0 Å². The number of nitrogens with one attached hydrogen (secondary N) is 2. The van der Waals surface area contributed by atoms with Crippen LogP contribution < -0.4 is 10.6 Å². The van der Waals surface area contributed by atoms with Gasteiger partial charge in [0.1, 0.15) is 0 Å². The van der Waals surface area contributed by atoms with Crippen LogP contribution in [0.25, 0.3) is 0 Å². The van der Waals surface area contributed by atoms with Crippen LogP contribution in [0.4, 0.5) is 0 Å². The van der Waals surface area contributed by atoms with Crippen molar-refractivity contribution in [3.63, 3.8) is 0 Å². The Bertz CT molecular complexity index is 557. The van der Waals surface area contributed by atoms with Crippen molar-refractivity contribution in [1.82, 2.24) is 15.5 Å². The fraction of sp³-hybridized carbons (Fsp3) is 0.682. The van der Waals surface area contributed by atoms with E-state index in [1.54, 1.807) is 7.11 Å². The van der Waals surface area contributed by atoms with Crippen molar-refractivity contribution >= 4 is 5.96 Å². The normalized spacial score (nSPS) is 17.4.